The maximum atomic E-state index is 11.8. The lowest BCUT2D eigenvalue weighted by atomic mass is 10.1. The second-order valence-corrected chi connectivity index (χ2v) is 5.84. The number of rotatable bonds is 6. The highest BCUT2D eigenvalue weighted by molar-refractivity contribution is 7.98. The van der Waals surface area contributed by atoms with Crippen molar-refractivity contribution in [2.75, 3.05) is 18.6 Å². The van der Waals surface area contributed by atoms with E-state index in [0.29, 0.717) is 17.4 Å². The zero-order valence-electron chi connectivity index (χ0n) is 11.3. The summed E-state index contributed by atoms with van der Waals surface area (Å²) in [6.07, 6.45) is 1.92. The molecule has 0 saturated carbocycles. The van der Waals surface area contributed by atoms with Crippen molar-refractivity contribution in [2.24, 2.45) is 0 Å². The van der Waals surface area contributed by atoms with E-state index in [4.69, 9.17) is 0 Å². The van der Waals surface area contributed by atoms with Crippen LogP contribution >= 0.6 is 11.8 Å². The lowest BCUT2D eigenvalue weighted by molar-refractivity contribution is 0.0722. The van der Waals surface area contributed by atoms with Crippen LogP contribution in [-0.4, -0.2) is 45.4 Å². The summed E-state index contributed by atoms with van der Waals surface area (Å²) in [5.74, 6) is 0.614. The zero-order chi connectivity index (χ0) is 13.8. The molecule has 3 N–H and O–H groups in total. The fourth-order valence-electron chi connectivity index (χ4n) is 1.47. The number of nitrogens with one attached hydrogen (secondary N) is 2. The van der Waals surface area contributed by atoms with Gasteiger partial charge in [0.1, 0.15) is 5.69 Å². The highest BCUT2D eigenvalue weighted by atomic mass is 32.2. The number of thioether (sulfide) groups is 1. The number of aromatic amines is 1. The highest BCUT2D eigenvalue weighted by Crippen LogP contribution is 2.12. The number of aromatic nitrogens is 2. The number of H-pyrrole nitrogens is 1. The van der Waals surface area contributed by atoms with Crippen LogP contribution in [-0.2, 0) is 0 Å². The van der Waals surface area contributed by atoms with Gasteiger partial charge in [-0.2, -0.15) is 16.9 Å². The van der Waals surface area contributed by atoms with Gasteiger partial charge < -0.3 is 10.4 Å². The molecule has 1 aromatic heterocycles. The van der Waals surface area contributed by atoms with Gasteiger partial charge >= 0.3 is 0 Å². The monoisotopic (exact) mass is 271 g/mol. The first kappa shape index (κ1) is 15.0. The van der Waals surface area contributed by atoms with E-state index in [1.165, 1.54) is 0 Å². The Balaban J connectivity index is 2.55. The Hall–Kier alpha value is -1.01. The summed E-state index contributed by atoms with van der Waals surface area (Å²) in [5.41, 5.74) is 0.390. The van der Waals surface area contributed by atoms with Crippen LogP contribution in [0.4, 0.5) is 0 Å². The molecule has 5 nitrogen and oxygen atoms in total. The molecule has 18 heavy (non-hydrogen) atoms. The van der Waals surface area contributed by atoms with Crippen LogP contribution in [0.15, 0.2) is 6.07 Å². The van der Waals surface area contributed by atoms with E-state index in [2.05, 4.69) is 15.5 Å². The number of carbonyl (C=O) groups excluding carboxylic acids is 1. The van der Waals surface area contributed by atoms with E-state index < -0.39 is 5.60 Å². The molecular weight excluding hydrogens is 250 g/mol. The Morgan fingerprint density at radius 3 is 2.83 bits per heavy atom. The summed E-state index contributed by atoms with van der Waals surface area (Å²) in [6.45, 7) is 5.97. The molecular formula is C12H21N3O2S. The predicted molar refractivity (Wildman–Crippen MR) is 74.0 cm³/mol. The third-order valence-electron chi connectivity index (χ3n) is 2.54. The number of carbonyl (C=O) groups is 1. The number of nitrogens with zero attached hydrogens (tertiary/aromatic N) is 1. The van der Waals surface area contributed by atoms with E-state index >= 15 is 0 Å². The maximum Gasteiger partial charge on any atom is 0.271 e. The Morgan fingerprint density at radius 1 is 1.67 bits per heavy atom. The van der Waals surface area contributed by atoms with Crippen molar-refractivity contribution in [3.63, 3.8) is 0 Å². The van der Waals surface area contributed by atoms with Crippen molar-refractivity contribution in [3.05, 3.63) is 17.5 Å². The van der Waals surface area contributed by atoms with Crippen molar-refractivity contribution in [3.8, 4) is 0 Å². The van der Waals surface area contributed by atoms with Gasteiger partial charge in [0, 0.05) is 18.0 Å². The number of aliphatic hydroxyl groups is 1. The van der Waals surface area contributed by atoms with E-state index in [9.17, 15) is 9.90 Å². The van der Waals surface area contributed by atoms with Crippen LogP contribution < -0.4 is 5.32 Å². The fraction of sp³-hybridized carbons (Fsp3) is 0.667. The first-order valence-electron chi connectivity index (χ1n) is 5.90. The number of amides is 1. The summed E-state index contributed by atoms with van der Waals surface area (Å²) < 4.78 is 0. The standard InChI is InChI=1S/C12H21N3O2S/c1-8(2)9-5-10(15-14-9)11(16)13-6-12(3,17)7-18-4/h5,8,17H,6-7H2,1-4H3,(H,13,16)(H,14,15)/t12-/m0/s1. The average molecular weight is 271 g/mol. The minimum atomic E-state index is -0.897. The van der Waals surface area contributed by atoms with Crippen LogP contribution in [0.5, 0.6) is 0 Å². The van der Waals surface area contributed by atoms with Gasteiger partial charge in [-0.25, -0.2) is 0 Å². The molecule has 6 heteroatoms. The van der Waals surface area contributed by atoms with Gasteiger partial charge in [0.2, 0.25) is 0 Å². The summed E-state index contributed by atoms with van der Waals surface area (Å²) >= 11 is 1.54. The molecule has 0 bridgehead atoms. The molecule has 0 aliphatic rings. The zero-order valence-corrected chi connectivity index (χ0v) is 12.1. The topological polar surface area (TPSA) is 78.0 Å². The van der Waals surface area contributed by atoms with Crippen LogP contribution in [0.25, 0.3) is 0 Å². The Labute approximate surface area is 112 Å². The SMILES string of the molecule is CSC[C@@](C)(O)CNC(=O)c1cc(C(C)C)[nH]n1. The van der Waals surface area contributed by atoms with Crippen LogP contribution in [0.2, 0.25) is 0 Å². The molecule has 0 radical (unpaired) electrons. The Morgan fingerprint density at radius 2 is 2.33 bits per heavy atom. The van der Waals surface area contributed by atoms with Gasteiger partial charge in [0.05, 0.1) is 5.60 Å². The van der Waals surface area contributed by atoms with Gasteiger partial charge in [-0.15, -0.1) is 0 Å². The third-order valence-corrected chi connectivity index (χ3v) is 3.45. The molecule has 1 heterocycles. The lowest BCUT2D eigenvalue weighted by Crippen LogP contribution is -2.42. The van der Waals surface area contributed by atoms with Crippen molar-refractivity contribution >= 4 is 17.7 Å². The Kier molecular flexibility index (Phi) is 5.22. The molecule has 0 fully saturated rings. The van der Waals surface area contributed by atoms with E-state index in [0.717, 1.165) is 5.69 Å². The molecule has 0 aliphatic carbocycles. The summed E-state index contributed by atoms with van der Waals surface area (Å²) in [6, 6.07) is 1.74. The fourth-order valence-corrected chi connectivity index (χ4v) is 2.20. The maximum absolute atomic E-state index is 11.8. The van der Waals surface area contributed by atoms with Crippen LogP contribution in [0.1, 0.15) is 42.9 Å². The van der Waals surface area contributed by atoms with E-state index in [1.54, 1.807) is 24.8 Å². The Bertz CT molecular complexity index is 402. The second-order valence-electron chi connectivity index (χ2n) is 4.98. The number of hydrogen-bond acceptors (Lipinski definition) is 4. The minimum Gasteiger partial charge on any atom is -0.387 e. The van der Waals surface area contributed by atoms with Gasteiger partial charge in [-0.1, -0.05) is 13.8 Å². The van der Waals surface area contributed by atoms with E-state index in [-0.39, 0.29) is 12.5 Å². The van der Waals surface area contributed by atoms with Gasteiger partial charge in [-0.3, -0.25) is 9.89 Å². The van der Waals surface area contributed by atoms with Crippen LogP contribution in [0, 0.1) is 0 Å². The van der Waals surface area contributed by atoms with Crippen molar-refractivity contribution in [1.82, 2.24) is 15.5 Å². The first-order valence-corrected chi connectivity index (χ1v) is 7.30. The average Bonchev–Trinajstić information content (AvgIpc) is 2.75. The smallest absolute Gasteiger partial charge is 0.271 e. The molecule has 0 spiro atoms. The molecule has 0 aromatic carbocycles. The first-order chi connectivity index (χ1) is 8.35. The molecule has 0 unspecified atom stereocenters. The summed E-state index contributed by atoms with van der Waals surface area (Å²) in [7, 11) is 0. The molecule has 0 saturated heterocycles. The summed E-state index contributed by atoms with van der Waals surface area (Å²) in [4.78, 5) is 11.8. The van der Waals surface area contributed by atoms with Crippen molar-refractivity contribution in [1.29, 1.82) is 0 Å². The molecule has 102 valence electrons. The van der Waals surface area contributed by atoms with Crippen molar-refractivity contribution in [2.45, 2.75) is 32.3 Å². The van der Waals surface area contributed by atoms with E-state index in [1.807, 2.05) is 20.1 Å². The van der Waals surface area contributed by atoms with Crippen molar-refractivity contribution < 1.29 is 9.90 Å². The highest BCUT2D eigenvalue weighted by Gasteiger charge is 2.21. The number of hydrogen-bond donors (Lipinski definition) is 3. The molecule has 1 rings (SSSR count). The largest absolute Gasteiger partial charge is 0.387 e. The molecule has 1 amide bonds. The van der Waals surface area contributed by atoms with Gasteiger partial charge in [0.15, 0.2) is 0 Å². The molecule has 1 atom stereocenters. The second kappa shape index (κ2) is 6.24. The minimum absolute atomic E-state index is 0.219. The van der Waals surface area contributed by atoms with Crippen LogP contribution in [0.3, 0.4) is 0 Å². The van der Waals surface area contributed by atoms with Gasteiger partial charge in [0.25, 0.3) is 5.91 Å². The molecule has 0 aliphatic heterocycles. The van der Waals surface area contributed by atoms with Gasteiger partial charge in [-0.05, 0) is 25.2 Å². The lowest BCUT2D eigenvalue weighted by Gasteiger charge is -2.22. The normalized spacial score (nSPS) is 14.6. The predicted octanol–water partition coefficient (Wildman–Crippen LogP) is 1.38. The third kappa shape index (κ3) is 4.34. The summed E-state index contributed by atoms with van der Waals surface area (Å²) in [5, 5.41) is 19.4. The molecule has 1 aromatic rings. The quantitative estimate of drug-likeness (QED) is 0.730.